The Kier molecular flexibility index (Phi) is 5.09. The molecule has 0 amide bonds. The molecule has 1 aromatic heterocycles. The Labute approximate surface area is 131 Å². The zero-order chi connectivity index (χ0) is 13.1. The van der Waals surface area contributed by atoms with E-state index in [4.69, 9.17) is 22.1 Å². The molecule has 2 nitrogen and oxygen atoms in total. The van der Waals surface area contributed by atoms with Gasteiger partial charge in [0, 0.05) is 11.4 Å². The van der Waals surface area contributed by atoms with E-state index >= 15 is 0 Å². The Morgan fingerprint density at radius 1 is 1.22 bits per heavy atom. The Balaban J connectivity index is 2.14. The Bertz CT molecular complexity index is 536. The van der Waals surface area contributed by atoms with Crippen molar-refractivity contribution in [1.29, 1.82) is 0 Å². The second kappa shape index (κ2) is 6.39. The summed E-state index contributed by atoms with van der Waals surface area (Å²) in [5.74, 6) is 0.775. The van der Waals surface area contributed by atoms with Gasteiger partial charge >= 0.3 is 0 Å². The summed E-state index contributed by atoms with van der Waals surface area (Å²) >= 11 is 14.4. The summed E-state index contributed by atoms with van der Waals surface area (Å²) in [6.45, 7) is 0.995. The van der Waals surface area contributed by atoms with E-state index in [-0.39, 0.29) is 0 Å². The van der Waals surface area contributed by atoms with Gasteiger partial charge in [0.15, 0.2) is 0 Å². The number of rotatable bonds is 4. The maximum absolute atomic E-state index is 5.87. The predicted molar refractivity (Wildman–Crippen MR) is 83.4 cm³/mol. The number of thiophene rings is 1. The van der Waals surface area contributed by atoms with Gasteiger partial charge in [0.05, 0.1) is 13.3 Å². The van der Waals surface area contributed by atoms with Crippen LogP contribution in [-0.2, 0) is 13.2 Å². The maximum Gasteiger partial charge on any atom is 0.148 e. The highest BCUT2D eigenvalue weighted by Gasteiger charge is 2.09. The smallest absolute Gasteiger partial charge is 0.148 e. The first-order chi connectivity index (χ1) is 8.60. The van der Waals surface area contributed by atoms with Crippen molar-refractivity contribution in [2.24, 2.45) is 5.73 Å². The van der Waals surface area contributed by atoms with E-state index in [1.54, 1.807) is 0 Å². The first-order valence-electron chi connectivity index (χ1n) is 5.15. The molecule has 18 heavy (non-hydrogen) atoms. The van der Waals surface area contributed by atoms with Gasteiger partial charge in [-0.1, -0.05) is 11.6 Å². The molecular formula is C12H10Br2ClNOS. The van der Waals surface area contributed by atoms with E-state index in [1.807, 2.05) is 24.3 Å². The van der Waals surface area contributed by atoms with Gasteiger partial charge in [0.25, 0.3) is 0 Å². The monoisotopic (exact) mass is 409 g/mol. The zero-order valence-electron chi connectivity index (χ0n) is 9.25. The minimum atomic E-state index is 0.497. The van der Waals surface area contributed by atoms with Gasteiger partial charge in [-0.2, -0.15) is 0 Å². The molecule has 6 heteroatoms. The van der Waals surface area contributed by atoms with Crippen molar-refractivity contribution >= 4 is 54.8 Å². The van der Waals surface area contributed by atoms with Crippen LogP contribution in [0, 0.1) is 0 Å². The van der Waals surface area contributed by atoms with Crippen LogP contribution in [0.25, 0.3) is 0 Å². The molecular weight excluding hydrogens is 401 g/mol. The molecule has 1 heterocycles. The molecule has 0 unspecified atom stereocenters. The van der Waals surface area contributed by atoms with E-state index in [0.717, 1.165) is 29.5 Å². The molecule has 0 fully saturated rings. The van der Waals surface area contributed by atoms with Crippen molar-refractivity contribution in [2.45, 2.75) is 13.2 Å². The van der Waals surface area contributed by atoms with Gasteiger partial charge in [0.2, 0.25) is 0 Å². The summed E-state index contributed by atoms with van der Waals surface area (Å²) in [7, 11) is 0. The van der Waals surface area contributed by atoms with Crippen molar-refractivity contribution in [2.75, 3.05) is 0 Å². The standard InChI is InChI=1S/C12H10Br2ClNOS/c13-9-3-7(5-16)4-10(14)12(9)17-6-8-1-2-11(15)18-8/h1-4H,5-6,16H2. The van der Waals surface area contributed by atoms with Crippen LogP contribution in [0.3, 0.4) is 0 Å². The first kappa shape index (κ1) is 14.3. The van der Waals surface area contributed by atoms with Crippen LogP contribution in [0.15, 0.2) is 33.2 Å². The lowest BCUT2D eigenvalue weighted by atomic mass is 10.2. The molecule has 2 rings (SSSR count). The largest absolute Gasteiger partial charge is 0.486 e. The fourth-order valence-corrected chi connectivity index (χ4v) is 3.95. The van der Waals surface area contributed by atoms with Crippen LogP contribution in [-0.4, -0.2) is 0 Å². The number of benzene rings is 1. The van der Waals surface area contributed by atoms with Gasteiger partial charge < -0.3 is 10.5 Å². The molecule has 1 aromatic carbocycles. The number of nitrogens with two attached hydrogens (primary N) is 1. The molecule has 0 saturated carbocycles. The molecule has 2 aromatic rings. The van der Waals surface area contributed by atoms with Gasteiger partial charge in [0.1, 0.15) is 12.4 Å². The summed E-state index contributed by atoms with van der Waals surface area (Å²) < 4.78 is 8.33. The molecule has 0 bridgehead atoms. The number of ether oxygens (including phenoxy) is 1. The van der Waals surface area contributed by atoms with Crippen molar-refractivity contribution in [1.82, 2.24) is 0 Å². The quantitative estimate of drug-likeness (QED) is 0.771. The highest BCUT2D eigenvalue weighted by atomic mass is 79.9. The summed E-state index contributed by atoms with van der Waals surface area (Å²) in [6.07, 6.45) is 0. The molecule has 0 aliphatic carbocycles. The summed E-state index contributed by atoms with van der Waals surface area (Å²) in [6, 6.07) is 7.75. The predicted octanol–water partition coefficient (Wildman–Crippen LogP) is 4.96. The topological polar surface area (TPSA) is 35.2 Å². The second-order valence-corrected chi connectivity index (χ2v) is 7.10. The molecule has 0 spiro atoms. The van der Waals surface area contributed by atoms with Crippen molar-refractivity contribution in [3.63, 3.8) is 0 Å². The summed E-state index contributed by atoms with van der Waals surface area (Å²) in [4.78, 5) is 1.08. The maximum atomic E-state index is 5.87. The van der Waals surface area contributed by atoms with E-state index in [1.165, 1.54) is 11.3 Å². The Morgan fingerprint density at radius 3 is 2.39 bits per heavy atom. The highest BCUT2D eigenvalue weighted by Crippen LogP contribution is 2.35. The average Bonchev–Trinajstić information content (AvgIpc) is 2.73. The van der Waals surface area contributed by atoms with Crippen LogP contribution >= 0.6 is 54.8 Å². The number of halogens is 3. The minimum absolute atomic E-state index is 0.497. The minimum Gasteiger partial charge on any atom is -0.486 e. The van der Waals surface area contributed by atoms with Crippen molar-refractivity contribution < 1.29 is 4.74 Å². The molecule has 96 valence electrons. The van der Waals surface area contributed by atoms with Gasteiger partial charge in [-0.05, 0) is 61.7 Å². The van der Waals surface area contributed by atoms with Crippen LogP contribution in [0.2, 0.25) is 4.34 Å². The third-order valence-corrected chi connectivity index (χ3v) is 4.66. The van der Waals surface area contributed by atoms with E-state index < -0.39 is 0 Å². The zero-order valence-corrected chi connectivity index (χ0v) is 14.0. The number of hydrogen-bond acceptors (Lipinski definition) is 3. The molecule has 2 N–H and O–H groups in total. The lowest BCUT2D eigenvalue weighted by molar-refractivity contribution is 0.305. The average molecular weight is 412 g/mol. The van der Waals surface area contributed by atoms with E-state index in [2.05, 4.69) is 31.9 Å². The van der Waals surface area contributed by atoms with Crippen molar-refractivity contribution in [3.05, 3.63) is 48.0 Å². The molecule has 0 aliphatic heterocycles. The lowest BCUT2D eigenvalue weighted by Crippen LogP contribution is -1.99. The normalized spacial score (nSPS) is 10.7. The molecule has 0 saturated heterocycles. The van der Waals surface area contributed by atoms with Crippen LogP contribution in [0.5, 0.6) is 5.75 Å². The Morgan fingerprint density at radius 2 is 1.89 bits per heavy atom. The van der Waals surface area contributed by atoms with Gasteiger partial charge in [-0.15, -0.1) is 11.3 Å². The highest BCUT2D eigenvalue weighted by molar-refractivity contribution is 9.11. The van der Waals surface area contributed by atoms with Gasteiger partial charge in [-0.25, -0.2) is 0 Å². The van der Waals surface area contributed by atoms with Crippen LogP contribution in [0.4, 0.5) is 0 Å². The third-order valence-electron chi connectivity index (χ3n) is 2.28. The SMILES string of the molecule is NCc1cc(Br)c(OCc2ccc(Cl)s2)c(Br)c1. The summed E-state index contributed by atoms with van der Waals surface area (Å²) in [5.41, 5.74) is 6.65. The lowest BCUT2D eigenvalue weighted by Gasteiger charge is -2.11. The van der Waals surface area contributed by atoms with Crippen molar-refractivity contribution in [3.8, 4) is 5.75 Å². The second-order valence-electron chi connectivity index (χ2n) is 3.59. The van der Waals surface area contributed by atoms with Crippen LogP contribution in [0.1, 0.15) is 10.4 Å². The van der Waals surface area contributed by atoms with Crippen LogP contribution < -0.4 is 10.5 Å². The molecule has 0 radical (unpaired) electrons. The van der Waals surface area contributed by atoms with Gasteiger partial charge in [-0.3, -0.25) is 0 Å². The Hall–Kier alpha value is -0.0700. The molecule has 0 aliphatic rings. The van der Waals surface area contributed by atoms with E-state index in [9.17, 15) is 0 Å². The number of hydrogen-bond donors (Lipinski definition) is 1. The fourth-order valence-electron chi connectivity index (χ4n) is 1.44. The fraction of sp³-hybridized carbons (Fsp3) is 0.167. The molecule has 0 atom stereocenters. The first-order valence-corrected chi connectivity index (χ1v) is 7.93. The third kappa shape index (κ3) is 3.48. The van der Waals surface area contributed by atoms with E-state index in [0.29, 0.717) is 13.2 Å². The summed E-state index contributed by atoms with van der Waals surface area (Å²) in [5, 5.41) is 0.